The third-order valence-corrected chi connectivity index (χ3v) is 2.72. The average Bonchev–Trinajstić information content (AvgIpc) is 2.45. The van der Waals surface area contributed by atoms with Gasteiger partial charge in [-0.2, -0.15) is 4.98 Å². The van der Waals surface area contributed by atoms with Crippen LogP contribution in [0.1, 0.15) is 0 Å². The Balaban J connectivity index is 2.59. The zero-order valence-electron chi connectivity index (χ0n) is 10.8. The Morgan fingerprint density at radius 3 is 2.37 bits per heavy atom. The summed E-state index contributed by atoms with van der Waals surface area (Å²) in [5, 5.41) is 0.298. The van der Waals surface area contributed by atoms with Gasteiger partial charge in [-0.3, -0.25) is 0 Å². The fourth-order valence-corrected chi connectivity index (χ4v) is 1.78. The number of rotatable bonds is 4. The van der Waals surface area contributed by atoms with E-state index in [0.717, 1.165) is 0 Å². The van der Waals surface area contributed by atoms with E-state index in [4.69, 9.17) is 25.8 Å². The lowest BCUT2D eigenvalue weighted by Crippen LogP contribution is -1.97. The van der Waals surface area contributed by atoms with E-state index >= 15 is 0 Å². The molecule has 6 heteroatoms. The molecular formula is C13H13ClN2O3. The molecule has 2 aromatic rings. The first-order valence-corrected chi connectivity index (χ1v) is 5.86. The first-order valence-electron chi connectivity index (χ1n) is 5.49. The van der Waals surface area contributed by atoms with E-state index in [1.807, 2.05) is 0 Å². The Bertz CT molecular complexity index is 590. The van der Waals surface area contributed by atoms with Gasteiger partial charge in [0, 0.05) is 6.07 Å². The Morgan fingerprint density at radius 1 is 0.947 bits per heavy atom. The maximum Gasteiger partial charge on any atom is 0.218 e. The van der Waals surface area contributed by atoms with E-state index in [-0.39, 0.29) is 0 Å². The third kappa shape index (κ3) is 2.88. The van der Waals surface area contributed by atoms with E-state index in [9.17, 15) is 0 Å². The fourth-order valence-electron chi connectivity index (χ4n) is 1.61. The lowest BCUT2D eigenvalue weighted by atomic mass is 10.1. The molecule has 0 aliphatic rings. The second kappa shape index (κ2) is 5.75. The molecular weight excluding hydrogens is 268 g/mol. The van der Waals surface area contributed by atoms with Gasteiger partial charge >= 0.3 is 0 Å². The normalized spacial score (nSPS) is 10.1. The maximum absolute atomic E-state index is 5.94. The number of hydrogen-bond acceptors (Lipinski definition) is 5. The van der Waals surface area contributed by atoms with Crippen molar-refractivity contribution in [1.82, 2.24) is 9.97 Å². The molecule has 0 saturated carbocycles. The van der Waals surface area contributed by atoms with Crippen molar-refractivity contribution in [1.29, 1.82) is 0 Å². The highest BCUT2D eigenvalue weighted by Gasteiger charge is 2.12. The quantitative estimate of drug-likeness (QED) is 0.806. The van der Waals surface area contributed by atoms with E-state index < -0.39 is 0 Å². The highest BCUT2D eigenvalue weighted by molar-refractivity contribution is 6.29. The SMILES string of the molecule is COc1ccc(OC)c(-c2nc(Cl)cc(OC)n2)c1. The van der Waals surface area contributed by atoms with Crippen LogP contribution >= 0.6 is 11.6 Å². The molecule has 0 N–H and O–H groups in total. The van der Waals surface area contributed by atoms with Gasteiger partial charge in [0.25, 0.3) is 0 Å². The summed E-state index contributed by atoms with van der Waals surface area (Å²) in [6.07, 6.45) is 0. The lowest BCUT2D eigenvalue weighted by Gasteiger charge is -2.10. The monoisotopic (exact) mass is 280 g/mol. The Kier molecular flexibility index (Phi) is 4.06. The standard InChI is InChI=1S/C13H13ClN2O3/c1-17-8-4-5-10(18-2)9(6-8)13-15-11(14)7-12(16-13)19-3/h4-7H,1-3H3. The van der Waals surface area contributed by atoms with Crippen LogP contribution < -0.4 is 14.2 Å². The van der Waals surface area contributed by atoms with Crippen molar-refractivity contribution in [3.63, 3.8) is 0 Å². The zero-order chi connectivity index (χ0) is 13.8. The number of aromatic nitrogens is 2. The molecule has 0 spiro atoms. The van der Waals surface area contributed by atoms with Crippen molar-refractivity contribution in [2.45, 2.75) is 0 Å². The number of benzene rings is 1. The van der Waals surface area contributed by atoms with Crippen LogP contribution in [-0.4, -0.2) is 31.3 Å². The summed E-state index contributed by atoms with van der Waals surface area (Å²) in [6.45, 7) is 0. The first-order chi connectivity index (χ1) is 9.17. The molecule has 0 fully saturated rings. The molecule has 0 atom stereocenters. The molecule has 0 saturated heterocycles. The van der Waals surface area contributed by atoms with Crippen LogP contribution in [0, 0.1) is 0 Å². The van der Waals surface area contributed by atoms with Crippen molar-refractivity contribution in [3.05, 3.63) is 29.4 Å². The largest absolute Gasteiger partial charge is 0.497 e. The molecule has 1 heterocycles. The summed E-state index contributed by atoms with van der Waals surface area (Å²) in [7, 11) is 4.68. The molecule has 0 bridgehead atoms. The summed E-state index contributed by atoms with van der Waals surface area (Å²) in [6, 6.07) is 6.90. The molecule has 2 rings (SSSR count). The average molecular weight is 281 g/mol. The van der Waals surface area contributed by atoms with Crippen LogP contribution in [0.15, 0.2) is 24.3 Å². The maximum atomic E-state index is 5.94. The summed E-state index contributed by atoms with van der Waals surface area (Å²) in [5.74, 6) is 2.11. The number of methoxy groups -OCH3 is 3. The second-order valence-electron chi connectivity index (χ2n) is 3.62. The molecule has 1 aromatic heterocycles. The van der Waals surface area contributed by atoms with Crippen molar-refractivity contribution >= 4 is 11.6 Å². The van der Waals surface area contributed by atoms with E-state index in [2.05, 4.69) is 9.97 Å². The molecule has 0 aliphatic carbocycles. The van der Waals surface area contributed by atoms with Gasteiger partial charge in [0.05, 0.1) is 26.9 Å². The van der Waals surface area contributed by atoms with Crippen molar-refractivity contribution < 1.29 is 14.2 Å². The zero-order valence-corrected chi connectivity index (χ0v) is 11.6. The van der Waals surface area contributed by atoms with Crippen molar-refractivity contribution in [2.24, 2.45) is 0 Å². The molecule has 19 heavy (non-hydrogen) atoms. The second-order valence-corrected chi connectivity index (χ2v) is 4.01. The summed E-state index contributed by atoms with van der Waals surface area (Å²) in [4.78, 5) is 8.43. The molecule has 0 amide bonds. The summed E-state index contributed by atoms with van der Waals surface area (Å²) in [5.41, 5.74) is 0.683. The minimum absolute atomic E-state index is 0.298. The number of hydrogen-bond donors (Lipinski definition) is 0. The van der Waals surface area contributed by atoms with Crippen LogP contribution in [-0.2, 0) is 0 Å². The third-order valence-electron chi connectivity index (χ3n) is 2.53. The van der Waals surface area contributed by atoms with Gasteiger partial charge in [-0.1, -0.05) is 11.6 Å². The van der Waals surface area contributed by atoms with Gasteiger partial charge in [0.2, 0.25) is 5.88 Å². The molecule has 5 nitrogen and oxygen atoms in total. The number of ether oxygens (including phenoxy) is 3. The first kappa shape index (κ1) is 13.4. The van der Waals surface area contributed by atoms with Crippen molar-refractivity contribution in [2.75, 3.05) is 21.3 Å². The van der Waals surface area contributed by atoms with Crippen LogP contribution in [0.25, 0.3) is 11.4 Å². The minimum atomic E-state index is 0.298. The van der Waals surface area contributed by atoms with Gasteiger partial charge in [-0.05, 0) is 18.2 Å². The fraction of sp³-hybridized carbons (Fsp3) is 0.231. The number of nitrogens with zero attached hydrogens (tertiary/aromatic N) is 2. The van der Waals surface area contributed by atoms with E-state index in [1.165, 1.54) is 13.2 Å². The Hall–Kier alpha value is -2.01. The molecule has 0 radical (unpaired) electrons. The molecule has 0 aliphatic heterocycles. The van der Waals surface area contributed by atoms with E-state index in [0.29, 0.717) is 33.9 Å². The van der Waals surface area contributed by atoms with Crippen molar-refractivity contribution in [3.8, 4) is 28.8 Å². The van der Waals surface area contributed by atoms with Crippen LogP contribution in [0.4, 0.5) is 0 Å². The van der Waals surface area contributed by atoms with Gasteiger partial charge in [0.15, 0.2) is 5.82 Å². The van der Waals surface area contributed by atoms with Crippen LogP contribution in [0.2, 0.25) is 5.15 Å². The van der Waals surface area contributed by atoms with E-state index in [1.54, 1.807) is 32.4 Å². The van der Waals surface area contributed by atoms with Gasteiger partial charge < -0.3 is 14.2 Å². The molecule has 100 valence electrons. The smallest absolute Gasteiger partial charge is 0.218 e. The molecule has 0 unspecified atom stereocenters. The predicted octanol–water partition coefficient (Wildman–Crippen LogP) is 2.82. The highest BCUT2D eigenvalue weighted by atomic mass is 35.5. The summed E-state index contributed by atoms with van der Waals surface area (Å²) < 4.78 is 15.6. The van der Waals surface area contributed by atoms with Gasteiger partial charge in [0.1, 0.15) is 16.7 Å². The summed E-state index contributed by atoms with van der Waals surface area (Å²) >= 11 is 5.94. The van der Waals surface area contributed by atoms with Gasteiger partial charge in [-0.15, -0.1) is 0 Å². The Labute approximate surface area is 116 Å². The molecule has 1 aromatic carbocycles. The van der Waals surface area contributed by atoms with Crippen LogP contribution in [0.5, 0.6) is 17.4 Å². The van der Waals surface area contributed by atoms with Gasteiger partial charge in [-0.25, -0.2) is 4.98 Å². The topological polar surface area (TPSA) is 53.5 Å². The van der Waals surface area contributed by atoms with Crippen LogP contribution in [0.3, 0.4) is 0 Å². The predicted molar refractivity (Wildman–Crippen MR) is 72.1 cm³/mol. The Morgan fingerprint density at radius 2 is 1.74 bits per heavy atom. The minimum Gasteiger partial charge on any atom is -0.497 e. The number of halogens is 1. The highest BCUT2D eigenvalue weighted by Crippen LogP contribution is 2.32. The lowest BCUT2D eigenvalue weighted by molar-refractivity contribution is 0.396.